The molecule has 2 amide bonds. The van der Waals surface area contributed by atoms with Gasteiger partial charge in [0.1, 0.15) is 11.6 Å². The van der Waals surface area contributed by atoms with Gasteiger partial charge in [-0.1, -0.05) is 13.8 Å². The quantitative estimate of drug-likeness (QED) is 0.815. The maximum absolute atomic E-state index is 12.3. The van der Waals surface area contributed by atoms with Crippen molar-refractivity contribution in [3.05, 3.63) is 0 Å². The van der Waals surface area contributed by atoms with Crippen LogP contribution >= 0.6 is 0 Å². The lowest BCUT2D eigenvalue weighted by Gasteiger charge is -2.26. The summed E-state index contributed by atoms with van der Waals surface area (Å²) >= 11 is 0. The molecule has 1 heterocycles. The highest BCUT2D eigenvalue weighted by molar-refractivity contribution is 5.85. The van der Waals surface area contributed by atoms with E-state index in [0.717, 1.165) is 25.9 Å². The minimum atomic E-state index is -0.572. The van der Waals surface area contributed by atoms with Crippen LogP contribution in [0.4, 0.5) is 4.79 Å². The second-order valence-corrected chi connectivity index (χ2v) is 7.00. The molecule has 0 spiro atoms. The number of hydrogen-bond donors (Lipinski definition) is 2. The number of carbonyl (C=O) groups is 2. The van der Waals surface area contributed by atoms with E-state index < -0.39 is 17.7 Å². The second kappa shape index (κ2) is 7.64. The van der Waals surface area contributed by atoms with E-state index in [1.165, 1.54) is 0 Å². The molecule has 0 radical (unpaired) electrons. The van der Waals surface area contributed by atoms with Crippen LogP contribution in [0.5, 0.6) is 0 Å². The van der Waals surface area contributed by atoms with Crippen molar-refractivity contribution in [1.29, 1.82) is 0 Å². The number of nitrogens with zero attached hydrogens (tertiary/aromatic N) is 1. The van der Waals surface area contributed by atoms with Gasteiger partial charge in [-0.2, -0.15) is 0 Å². The molecule has 6 heteroatoms. The Hall–Kier alpha value is -1.30. The average molecular weight is 299 g/mol. The van der Waals surface area contributed by atoms with Gasteiger partial charge in [0, 0.05) is 13.1 Å². The molecule has 0 aliphatic carbocycles. The largest absolute Gasteiger partial charge is 0.444 e. The van der Waals surface area contributed by atoms with Gasteiger partial charge in [-0.3, -0.25) is 10.2 Å². The smallest absolute Gasteiger partial charge is 0.408 e. The van der Waals surface area contributed by atoms with Crippen LogP contribution in [0.3, 0.4) is 0 Å². The predicted octanol–water partition coefficient (Wildman–Crippen LogP) is 2.05. The Morgan fingerprint density at radius 3 is 2.24 bits per heavy atom. The number of rotatable bonds is 5. The summed E-state index contributed by atoms with van der Waals surface area (Å²) in [5, 5.41) is 4.59. The Balaban J connectivity index is 2.57. The Bertz CT molecular complexity index is 358. The predicted molar refractivity (Wildman–Crippen MR) is 81.6 cm³/mol. The summed E-state index contributed by atoms with van der Waals surface area (Å²) in [5.74, 6) is 0.130. The first-order chi connectivity index (χ1) is 9.67. The van der Waals surface area contributed by atoms with Crippen LogP contribution in [-0.4, -0.2) is 41.7 Å². The summed E-state index contributed by atoms with van der Waals surface area (Å²) in [6, 6.07) is -0.569. The van der Waals surface area contributed by atoms with Gasteiger partial charge in [0.25, 0.3) is 5.91 Å². The number of amides is 2. The molecule has 0 aromatic carbocycles. The maximum atomic E-state index is 12.3. The summed E-state index contributed by atoms with van der Waals surface area (Å²) in [6.45, 7) is 11.2. The lowest BCUT2D eigenvalue weighted by atomic mass is 10.0. The van der Waals surface area contributed by atoms with Crippen molar-refractivity contribution in [1.82, 2.24) is 15.8 Å². The zero-order chi connectivity index (χ0) is 16.0. The number of ether oxygens (including phenoxy) is 1. The van der Waals surface area contributed by atoms with E-state index in [1.807, 2.05) is 18.9 Å². The Morgan fingerprint density at radius 1 is 1.19 bits per heavy atom. The standard InChI is InChI=1S/C15H29N3O3/c1-11(2)10-12(16-14(20)21-15(3,4)5)13(19)17-18-8-6-7-9-18/h11-12H,6-10H2,1-5H3,(H,16,20)(H,17,19)/t12-/m0/s1. The van der Waals surface area contributed by atoms with Gasteiger partial charge < -0.3 is 10.1 Å². The van der Waals surface area contributed by atoms with Gasteiger partial charge in [-0.25, -0.2) is 9.80 Å². The van der Waals surface area contributed by atoms with Crippen LogP contribution in [-0.2, 0) is 9.53 Å². The van der Waals surface area contributed by atoms with Crippen LogP contribution in [0.2, 0.25) is 0 Å². The third-order valence-corrected chi connectivity index (χ3v) is 3.09. The summed E-state index contributed by atoms with van der Waals surface area (Å²) in [4.78, 5) is 24.2. The van der Waals surface area contributed by atoms with E-state index >= 15 is 0 Å². The third-order valence-electron chi connectivity index (χ3n) is 3.09. The third kappa shape index (κ3) is 7.32. The molecule has 0 aromatic heterocycles. The molecule has 1 saturated heterocycles. The molecule has 0 bridgehead atoms. The average Bonchev–Trinajstić information content (AvgIpc) is 2.77. The molecule has 21 heavy (non-hydrogen) atoms. The number of nitrogens with one attached hydrogen (secondary N) is 2. The van der Waals surface area contributed by atoms with Crippen LogP contribution in [0.25, 0.3) is 0 Å². The van der Waals surface area contributed by atoms with Crippen molar-refractivity contribution in [3.8, 4) is 0 Å². The fourth-order valence-corrected chi connectivity index (χ4v) is 2.22. The normalized spacial score (nSPS) is 17.6. The minimum Gasteiger partial charge on any atom is -0.444 e. The molecule has 1 rings (SSSR count). The lowest BCUT2D eigenvalue weighted by Crippen LogP contribution is -2.52. The van der Waals surface area contributed by atoms with E-state index in [9.17, 15) is 9.59 Å². The molecule has 0 aromatic rings. The Labute approximate surface area is 127 Å². The van der Waals surface area contributed by atoms with Gasteiger partial charge in [-0.05, 0) is 46.0 Å². The van der Waals surface area contributed by atoms with Crippen molar-refractivity contribution >= 4 is 12.0 Å². The molecule has 1 atom stereocenters. The number of hydrogen-bond acceptors (Lipinski definition) is 4. The van der Waals surface area contributed by atoms with Crippen molar-refractivity contribution in [2.24, 2.45) is 5.92 Å². The number of hydrazine groups is 1. The highest BCUT2D eigenvalue weighted by Gasteiger charge is 2.26. The SMILES string of the molecule is CC(C)C[C@H](NC(=O)OC(C)(C)C)C(=O)NN1CCCC1. The molecule has 0 unspecified atom stereocenters. The van der Waals surface area contributed by atoms with E-state index in [0.29, 0.717) is 12.3 Å². The second-order valence-electron chi connectivity index (χ2n) is 7.00. The molecule has 0 saturated carbocycles. The van der Waals surface area contributed by atoms with Gasteiger partial charge in [-0.15, -0.1) is 0 Å². The first-order valence-electron chi connectivity index (χ1n) is 7.72. The first-order valence-corrected chi connectivity index (χ1v) is 7.72. The van der Waals surface area contributed by atoms with Crippen molar-refractivity contribution in [2.45, 2.75) is 65.5 Å². The Kier molecular flexibility index (Phi) is 6.45. The zero-order valence-electron chi connectivity index (χ0n) is 13.9. The zero-order valence-corrected chi connectivity index (χ0v) is 13.9. The molecular weight excluding hydrogens is 270 g/mol. The Morgan fingerprint density at radius 2 is 1.76 bits per heavy atom. The summed E-state index contributed by atoms with van der Waals surface area (Å²) in [6.07, 6.45) is 2.21. The first kappa shape index (κ1) is 17.8. The summed E-state index contributed by atoms with van der Waals surface area (Å²) in [5.41, 5.74) is 2.31. The van der Waals surface area contributed by atoms with Crippen LogP contribution < -0.4 is 10.7 Å². The molecule has 1 fully saturated rings. The van der Waals surface area contributed by atoms with Gasteiger partial charge >= 0.3 is 6.09 Å². The lowest BCUT2D eigenvalue weighted by molar-refractivity contribution is -0.128. The van der Waals surface area contributed by atoms with Crippen LogP contribution in [0, 0.1) is 5.92 Å². The van der Waals surface area contributed by atoms with E-state index in [-0.39, 0.29) is 5.91 Å². The van der Waals surface area contributed by atoms with Crippen molar-refractivity contribution in [2.75, 3.05) is 13.1 Å². The molecular formula is C15H29N3O3. The fraction of sp³-hybridized carbons (Fsp3) is 0.867. The van der Waals surface area contributed by atoms with E-state index in [4.69, 9.17) is 4.74 Å². The van der Waals surface area contributed by atoms with Crippen molar-refractivity contribution < 1.29 is 14.3 Å². The van der Waals surface area contributed by atoms with Crippen molar-refractivity contribution in [3.63, 3.8) is 0 Å². The van der Waals surface area contributed by atoms with E-state index in [2.05, 4.69) is 10.7 Å². The number of alkyl carbamates (subject to hydrolysis) is 1. The molecule has 6 nitrogen and oxygen atoms in total. The van der Waals surface area contributed by atoms with Gasteiger partial charge in [0.05, 0.1) is 0 Å². The monoisotopic (exact) mass is 299 g/mol. The summed E-state index contributed by atoms with van der Waals surface area (Å²) < 4.78 is 5.23. The fourth-order valence-electron chi connectivity index (χ4n) is 2.22. The van der Waals surface area contributed by atoms with Crippen LogP contribution in [0.1, 0.15) is 53.9 Å². The van der Waals surface area contributed by atoms with Gasteiger partial charge in [0.15, 0.2) is 0 Å². The highest BCUT2D eigenvalue weighted by Crippen LogP contribution is 2.10. The molecule has 1 aliphatic rings. The van der Waals surface area contributed by atoms with E-state index in [1.54, 1.807) is 20.8 Å². The molecule has 2 N–H and O–H groups in total. The molecule has 1 aliphatic heterocycles. The maximum Gasteiger partial charge on any atom is 0.408 e. The topological polar surface area (TPSA) is 70.7 Å². The number of carbonyl (C=O) groups excluding carboxylic acids is 2. The highest BCUT2D eigenvalue weighted by atomic mass is 16.6. The van der Waals surface area contributed by atoms with Gasteiger partial charge in [0.2, 0.25) is 0 Å². The molecule has 122 valence electrons. The van der Waals surface area contributed by atoms with Crippen LogP contribution in [0.15, 0.2) is 0 Å². The minimum absolute atomic E-state index is 0.170. The summed E-state index contributed by atoms with van der Waals surface area (Å²) in [7, 11) is 0.